The fourth-order valence-corrected chi connectivity index (χ4v) is 3.56. The van der Waals surface area contributed by atoms with Crippen molar-refractivity contribution in [3.63, 3.8) is 0 Å². The molecule has 1 amide bonds. The lowest BCUT2D eigenvalue weighted by molar-refractivity contribution is -0.122. The summed E-state index contributed by atoms with van der Waals surface area (Å²) < 4.78 is 17.7. The summed E-state index contributed by atoms with van der Waals surface area (Å²) in [6.45, 7) is 3.18. The highest BCUT2D eigenvalue weighted by Gasteiger charge is 2.44. The molecule has 2 aromatic carbocycles. The molecule has 1 fully saturated rings. The van der Waals surface area contributed by atoms with Gasteiger partial charge < -0.3 is 19.5 Å². The Bertz CT molecular complexity index is 900. The minimum atomic E-state index is -0.699. The fourth-order valence-electron chi connectivity index (χ4n) is 3.56. The van der Waals surface area contributed by atoms with Crippen LogP contribution in [0.15, 0.2) is 42.5 Å². The molecule has 2 aromatic rings. The number of anilines is 1. The summed E-state index contributed by atoms with van der Waals surface area (Å²) in [6, 6.07) is 12.1. The van der Waals surface area contributed by atoms with E-state index in [0.717, 1.165) is 31.4 Å². The first-order valence-electron chi connectivity index (χ1n) is 9.55. The van der Waals surface area contributed by atoms with Crippen LogP contribution in [0.3, 0.4) is 0 Å². The first kappa shape index (κ1) is 18.3. The van der Waals surface area contributed by atoms with Gasteiger partial charge in [-0.15, -0.1) is 0 Å². The fraction of sp³-hybridized carbons (Fsp3) is 0.364. The average Bonchev–Trinajstić information content (AvgIpc) is 3.27. The van der Waals surface area contributed by atoms with E-state index in [1.165, 1.54) is 6.92 Å². The largest absolute Gasteiger partial charge is 0.481 e. The number of amides is 1. The highest BCUT2D eigenvalue weighted by molar-refractivity contribution is 5.95. The van der Waals surface area contributed by atoms with E-state index in [1.54, 1.807) is 43.3 Å². The first-order chi connectivity index (χ1) is 13.4. The van der Waals surface area contributed by atoms with Gasteiger partial charge in [-0.05, 0) is 63.1 Å². The maximum atomic E-state index is 12.5. The molecule has 1 N–H and O–H groups in total. The third-order valence-corrected chi connectivity index (χ3v) is 5.11. The van der Waals surface area contributed by atoms with Crippen LogP contribution in [-0.4, -0.2) is 23.6 Å². The zero-order valence-electron chi connectivity index (χ0n) is 16.0. The lowest BCUT2D eigenvalue weighted by Crippen LogP contribution is -2.34. The zero-order chi connectivity index (χ0) is 19.7. The van der Waals surface area contributed by atoms with Crippen LogP contribution in [0.25, 0.3) is 0 Å². The van der Waals surface area contributed by atoms with Crippen molar-refractivity contribution in [2.45, 2.75) is 51.4 Å². The Balaban J connectivity index is 1.38. The van der Waals surface area contributed by atoms with Gasteiger partial charge in [-0.2, -0.15) is 0 Å². The lowest BCUT2D eigenvalue weighted by atomic mass is 10.1. The number of Topliss-reactive ketones (excluding diaryl/α,β-unsaturated/α-hetero) is 1. The van der Waals surface area contributed by atoms with Gasteiger partial charge in [0.05, 0.1) is 0 Å². The molecule has 0 radical (unpaired) electrons. The summed E-state index contributed by atoms with van der Waals surface area (Å²) in [5, 5.41) is 2.85. The third kappa shape index (κ3) is 3.67. The maximum Gasteiger partial charge on any atom is 0.265 e. The molecule has 1 aliphatic carbocycles. The molecule has 2 aliphatic rings. The number of carbonyl (C=O) groups excluding carboxylic acids is 2. The number of hydrogen-bond acceptors (Lipinski definition) is 5. The number of fused-ring (bicyclic) bond motifs is 1. The summed E-state index contributed by atoms with van der Waals surface area (Å²) in [6.07, 6.45) is 3.27. The van der Waals surface area contributed by atoms with Crippen LogP contribution >= 0.6 is 0 Å². The van der Waals surface area contributed by atoms with Gasteiger partial charge in [0, 0.05) is 30.2 Å². The molecule has 4 rings (SSSR count). The molecule has 0 bridgehead atoms. The standard InChI is InChI=1S/C22H23NO5/c1-14(24)16-5-8-18(9-6-16)26-15(2)21(25)23-17-7-10-19-20(13-17)28-22(27-19)11-3-4-12-22/h5-10,13,15H,3-4,11-12H2,1-2H3,(H,23,25)/t15-/m0/s1. The highest BCUT2D eigenvalue weighted by atomic mass is 16.7. The van der Waals surface area contributed by atoms with Crippen LogP contribution < -0.4 is 19.5 Å². The Labute approximate surface area is 163 Å². The summed E-state index contributed by atoms with van der Waals surface area (Å²) in [4.78, 5) is 23.8. The van der Waals surface area contributed by atoms with Gasteiger partial charge in [-0.25, -0.2) is 0 Å². The van der Waals surface area contributed by atoms with E-state index < -0.39 is 11.9 Å². The second kappa shape index (κ2) is 7.19. The second-order valence-corrected chi connectivity index (χ2v) is 7.31. The average molecular weight is 381 g/mol. The third-order valence-electron chi connectivity index (χ3n) is 5.11. The molecule has 1 saturated carbocycles. The molecule has 1 spiro atoms. The van der Waals surface area contributed by atoms with Crippen molar-refractivity contribution in [1.82, 2.24) is 0 Å². The molecule has 6 heteroatoms. The smallest absolute Gasteiger partial charge is 0.265 e. The molecular formula is C22H23NO5. The predicted octanol–water partition coefficient (Wildman–Crippen LogP) is 4.34. The predicted molar refractivity (Wildman–Crippen MR) is 104 cm³/mol. The summed E-state index contributed by atoms with van der Waals surface area (Å²) in [5.41, 5.74) is 1.23. The monoisotopic (exact) mass is 381 g/mol. The van der Waals surface area contributed by atoms with E-state index in [1.807, 2.05) is 6.07 Å². The molecule has 0 unspecified atom stereocenters. The van der Waals surface area contributed by atoms with Gasteiger partial charge in [0.1, 0.15) is 5.75 Å². The summed E-state index contributed by atoms with van der Waals surface area (Å²) >= 11 is 0. The molecule has 0 saturated heterocycles. The minimum absolute atomic E-state index is 0.0143. The minimum Gasteiger partial charge on any atom is -0.481 e. The van der Waals surface area contributed by atoms with Crippen molar-refractivity contribution in [1.29, 1.82) is 0 Å². The van der Waals surface area contributed by atoms with E-state index in [2.05, 4.69) is 5.32 Å². The van der Waals surface area contributed by atoms with E-state index in [9.17, 15) is 9.59 Å². The van der Waals surface area contributed by atoms with Gasteiger partial charge in [0.25, 0.3) is 11.7 Å². The number of rotatable bonds is 5. The summed E-state index contributed by atoms with van der Waals surface area (Å²) in [7, 11) is 0. The first-order valence-corrected chi connectivity index (χ1v) is 9.55. The van der Waals surface area contributed by atoms with Crippen molar-refractivity contribution in [3.8, 4) is 17.2 Å². The van der Waals surface area contributed by atoms with Crippen LogP contribution in [0.2, 0.25) is 0 Å². The van der Waals surface area contributed by atoms with Crippen LogP contribution in [0, 0.1) is 0 Å². The van der Waals surface area contributed by atoms with Crippen molar-refractivity contribution in [2.75, 3.05) is 5.32 Å². The Morgan fingerprint density at radius 3 is 2.39 bits per heavy atom. The Morgan fingerprint density at radius 1 is 1.04 bits per heavy atom. The van der Waals surface area contributed by atoms with Crippen molar-refractivity contribution < 1.29 is 23.8 Å². The van der Waals surface area contributed by atoms with Crippen molar-refractivity contribution in [2.24, 2.45) is 0 Å². The molecule has 6 nitrogen and oxygen atoms in total. The molecule has 1 atom stereocenters. The van der Waals surface area contributed by atoms with Crippen LogP contribution in [0.1, 0.15) is 49.9 Å². The number of hydrogen-bond donors (Lipinski definition) is 1. The SMILES string of the molecule is CC(=O)c1ccc(O[C@@H](C)C(=O)Nc2ccc3c(c2)OC2(CCCC2)O3)cc1. The summed E-state index contributed by atoms with van der Waals surface area (Å²) in [5.74, 6) is 1.10. The zero-order valence-corrected chi connectivity index (χ0v) is 16.0. The quantitative estimate of drug-likeness (QED) is 0.780. The topological polar surface area (TPSA) is 73.9 Å². The van der Waals surface area contributed by atoms with Crippen LogP contribution in [0.4, 0.5) is 5.69 Å². The van der Waals surface area contributed by atoms with E-state index >= 15 is 0 Å². The Hall–Kier alpha value is -3.02. The number of carbonyl (C=O) groups is 2. The van der Waals surface area contributed by atoms with Crippen LogP contribution in [0.5, 0.6) is 17.2 Å². The van der Waals surface area contributed by atoms with Crippen molar-refractivity contribution >= 4 is 17.4 Å². The van der Waals surface area contributed by atoms with Gasteiger partial charge in [0.2, 0.25) is 0 Å². The van der Waals surface area contributed by atoms with Gasteiger partial charge >= 0.3 is 0 Å². The Kier molecular flexibility index (Phi) is 4.71. The second-order valence-electron chi connectivity index (χ2n) is 7.31. The van der Waals surface area contributed by atoms with E-state index in [0.29, 0.717) is 22.7 Å². The van der Waals surface area contributed by atoms with Gasteiger partial charge in [-0.1, -0.05) is 0 Å². The molecular weight excluding hydrogens is 358 g/mol. The molecule has 1 aliphatic heterocycles. The van der Waals surface area contributed by atoms with E-state index in [4.69, 9.17) is 14.2 Å². The molecule has 28 heavy (non-hydrogen) atoms. The van der Waals surface area contributed by atoms with Crippen LogP contribution in [-0.2, 0) is 4.79 Å². The molecule has 146 valence electrons. The molecule has 1 heterocycles. The highest BCUT2D eigenvalue weighted by Crippen LogP contribution is 2.47. The van der Waals surface area contributed by atoms with Crippen molar-refractivity contribution in [3.05, 3.63) is 48.0 Å². The van der Waals surface area contributed by atoms with Gasteiger partial charge in [0.15, 0.2) is 23.4 Å². The lowest BCUT2D eigenvalue weighted by Gasteiger charge is -2.21. The Morgan fingerprint density at radius 2 is 1.71 bits per heavy atom. The molecule has 0 aromatic heterocycles. The van der Waals surface area contributed by atoms with Gasteiger partial charge in [-0.3, -0.25) is 9.59 Å². The normalized spacial score (nSPS) is 17.4. The number of nitrogens with one attached hydrogen (secondary N) is 1. The van der Waals surface area contributed by atoms with E-state index in [-0.39, 0.29) is 11.7 Å². The maximum absolute atomic E-state index is 12.5. The number of ketones is 1. The number of ether oxygens (including phenoxy) is 3. The number of benzene rings is 2.